The molecule has 20 heavy (non-hydrogen) atoms. The maximum atomic E-state index is 12.2. The van der Waals surface area contributed by atoms with Crippen molar-refractivity contribution in [3.63, 3.8) is 0 Å². The Labute approximate surface area is 126 Å². The number of hydrogen-bond donors (Lipinski definition) is 2. The third-order valence-electron chi connectivity index (χ3n) is 3.58. The number of hydrogen-bond acceptors (Lipinski definition) is 2. The monoisotopic (exact) mass is 340 g/mol. The summed E-state index contributed by atoms with van der Waals surface area (Å²) in [6.45, 7) is 4.54. The Bertz CT molecular complexity index is 547. The van der Waals surface area contributed by atoms with Gasteiger partial charge in [0.25, 0.3) is 0 Å². The van der Waals surface area contributed by atoms with Gasteiger partial charge < -0.3 is 15.3 Å². The molecule has 108 valence electrons. The van der Waals surface area contributed by atoms with Crippen molar-refractivity contribution in [2.24, 2.45) is 11.8 Å². The first-order valence-electron chi connectivity index (χ1n) is 6.43. The second-order valence-corrected chi connectivity index (χ2v) is 6.09. The van der Waals surface area contributed by atoms with Crippen molar-refractivity contribution in [1.82, 2.24) is 4.90 Å². The van der Waals surface area contributed by atoms with Crippen LogP contribution in [0.25, 0.3) is 0 Å². The van der Waals surface area contributed by atoms with Crippen molar-refractivity contribution in [2.45, 2.75) is 13.8 Å². The zero-order valence-electron chi connectivity index (χ0n) is 11.4. The molecule has 2 unspecified atom stereocenters. The summed E-state index contributed by atoms with van der Waals surface area (Å²) in [4.78, 5) is 24.8. The Morgan fingerprint density at radius 2 is 2.10 bits per heavy atom. The Balaban J connectivity index is 2.04. The van der Waals surface area contributed by atoms with Crippen LogP contribution in [-0.4, -0.2) is 35.1 Å². The molecule has 2 amide bonds. The van der Waals surface area contributed by atoms with Crippen LogP contribution in [0.4, 0.5) is 10.5 Å². The van der Waals surface area contributed by atoms with Crippen molar-refractivity contribution >= 4 is 33.6 Å². The normalized spacial score (nSPS) is 21.9. The number of aryl methyl sites for hydroxylation is 1. The molecule has 0 bridgehead atoms. The topological polar surface area (TPSA) is 69.6 Å². The number of likely N-dealkylation sites (tertiary alicyclic amines) is 1. The fourth-order valence-electron chi connectivity index (χ4n) is 2.37. The summed E-state index contributed by atoms with van der Waals surface area (Å²) in [5, 5.41) is 11.9. The molecule has 0 spiro atoms. The summed E-state index contributed by atoms with van der Waals surface area (Å²) < 4.78 is 0.813. The number of carboxylic acids is 1. The van der Waals surface area contributed by atoms with E-state index in [0.29, 0.717) is 12.2 Å². The van der Waals surface area contributed by atoms with Crippen LogP contribution in [0.15, 0.2) is 22.7 Å². The average molecular weight is 341 g/mol. The van der Waals surface area contributed by atoms with Crippen molar-refractivity contribution in [2.75, 3.05) is 18.4 Å². The van der Waals surface area contributed by atoms with E-state index in [1.165, 1.54) is 0 Å². The quantitative estimate of drug-likeness (QED) is 0.869. The van der Waals surface area contributed by atoms with Gasteiger partial charge in [-0.3, -0.25) is 4.79 Å². The predicted molar refractivity (Wildman–Crippen MR) is 79.8 cm³/mol. The fourth-order valence-corrected chi connectivity index (χ4v) is 2.96. The van der Waals surface area contributed by atoms with Gasteiger partial charge in [-0.2, -0.15) is 0 Å². The zero-order valence-corrected chi connectivity index (χ0v) is 13.0. The molecule has 5 nitrogen and oxygen atoms in total. The van der Waals surface area contributed by atoms with Crippen LogP contribution in [0.1, 0.15) is 12.5 Å². The molecule has 1 aromatic carbocycles. The van der Waals surface area contributed by atoms with Gasteiger partial charge in [0.2, 0.25) is 0 Å². The summed E-state index contributed by atoms with van der Waals surface area (Å²) in [7, 11) is 0. The van der Waals surface area contributed by atoms with E-state index in [2.05, 4.69) is 21.2 Å². The number of rotatable bonds is 2. The molecule has 1 saturated heterocycles. The first-order valence-corrected chi connectivity index (χ1v) is 7.22. The third-order valence-corrected chi connectivity index (χ3v) is 4.24. The van der Waals surface area contributed by atoms with Gasteiger partial charge >= 0.3 is 12.0 Å². The Morgan fingerprint density at radius 1 is 1.40 bits per heavy atom. The Morgan fingerprint density at radius 3 is 2.65 bits per heavy atom. The lowest BCUT2D eigenvalue weighted by Gasteiger charge is -2.17. The molecule has 0 radical (unpaired) electrons. The number of halogens is 1. The van der Waals surface area contributed by atoms with Crippen LogP contribution in [0.5, 0.6) is 0 Å². The standard InChI is InChI=1S/C14H17BrN2O3/c1-8-3-4-12(11(15)5-8)16-14(20)17-6-9(2)10(7-17)13(18)19/h3-5,9-10H,6-7H2,1-2H3,(H,16,20)(H,18,19). The highest BCUT2D eigenvalue weighted by atomic mass is 79.9. The summed E-state index contributed by atoms with van der Waals surface area (Å²) in [5.41, 5.74) is 1.78. The van der Waals surface area contributed by atoms with E-state index < -0.39 is 11.9 Å². The van der Waals surface area contributed by atoms with E-state index in [1.807, 2.05) is 32.0 Å². The van der Waals surface area contributed by atoms with E-state index >= 15 is 0 Å². The van der Waals surface area contributed by atoms with Gasteiger partial charge in [-0.1, -0.05) is 13.0 Å². The van der Waals surface area contributed by atoms with Gasteiger partial charge in [0, 0.05) is 17.6 Å². The van der Waals surface area contributed by atoms with Crippen LogP contribution in [0.3, 0.4) is 0 Å². The smallest absolute Gasteiger partial charge is 0.321 e. The van der Waals surface area contributed by atoms with E-state index in [4.69, 9.17) is 5.11 Å². The van der Waals surface area contributed by atoms with Gasteiger partial charge in [-0.05, 0) is 46.5 Å². The van der Waals surface area contributed by atoms with E-state index in [1.54, 1.807) is 4.90 Å². The highest BCUT2D eigenvalue weighted by Gasteiger charge is 2.37. The van der Waals surface area contributed by atoms with Crippen LogP contribution in [0.2, 0.25) is 0 Å². The lowest BCUT2D eigenvalue weighted by Crippen LogP contribution is -2.33. The minimum atomic E-state index is -0.843. The number of nitrogens with one attached hydrogen (secondary N) is 1. The maximum Gasteiger partial charge on any atom is 0.321 e. The Hall–Kier alpha value is -1.56. The van der Waals surface area contributed by atoms with E-state index in [9.17, 15) is 9.59 Å². The molecule has 0 aromatic heterocycles. The number of anilines is 1. The van der Waals surface area contributed by atoms with Crippen molar-refractivity contribution in [1.29, 1.82) is 0 Å². The van der Waals surface area contributed by atoms with Gasteiger partial charge in [0.15, 0.2) is 0 Å². The lowest BCUT2D eigenvalue weighted by atomic mass is 9.99. The van der Waals surface area contributed by atoms with Gasteiger partial charge in [-0.15, -0.1) is 0 Å². The Kier molecular flexibility index (Phi) is 4.32. The number of aliphatic carboxylic acids is 1. The third kappa shape index (κ3) is 3.12. The molecule has 1 aliphatic rings. The summed E-state index contributed by atoms with van der Waals surface area (Å²) in [6, 6.07) is 5.39. The van der Waals surface area contributed by atoms with E-state index in [-0.39, 0.29) is 18.5 Å². The van der Waals surface area contributed by atoms with Crippen molar-refractivity contribution < 1.29 is 14.7 Å². The minimum Gasteiger partial charge on any atom is -0.481 e. The highest BCUT2D eigenvalue weighted by Crippen LogP contribution is 2.26. The lowest BCUT2D eigenvalue weighted by molar-refractivity contribution is -0.142. The van der Waals surface area contributed by atoms with Crippen LogP contribution >= 0.6 is 15.9 Å². The molecule has 1 heterocycles. The molecule has 1 fully saturated rings. The first kappa shape index (κ1) is 14.8. The second kappa shape index (κ2) is 5.83. The molecule has 1 aromatic rings. The molecule has 6 heteroatoms. The zero-order chi connectivity index (χ0) is 14.9. The summed E-state index contributed by atoms with van der Waals surface area (Å²) >= 11 is 3.40. The van der Waals surface area contributed by atoms with Gasteiger partial charge in [-0.25, -0.2) is 4.79 Å². The predicted octanol–water partition coefficient (Wildman–Crippen LogP) is 2.94. The molecule has 2 N–H and O–H groups in total. The molecule has 2 rings (SSSR count). The number of nitrogens with zero attached hydrogens (tertiary/aromatic N) is 1. The minimum absolute atomic E-state index is 0.0280. The molecular formula is C14H17BrN2O3. The number of benzene rings is 1. The number of carbonyl (C=O) groups excluding carboxylic acids is 1. The van der Waals surface area contributed by atoms with E-state index in [0.717, 1.165) is 10.0 Å². The van der Waals surface area contributed by atoms with Crippen molar-refractivity contribution in [3.05, 3.63) is 28.2 Å². The summed E-state index contributed by atoms with van der Waals surface area (Å²) in [6.07, 6.45) is 0. The molecular weight excluding hydrogens is 324 g/mol. The molecule has 0 saturated carbocycles. The fraction of sp³-hybridized carbons (Fsp3) is 0.429. The second-order valence-electron chi connectivity index (χ2n) is 5.24. The van der Waals surface area contributed by atoms with Crippen molar-refractivity contribution in [3.8, 4) is 0 Å². The van der Waals surface area contributed by atoms with Crippen LogP contribution in [-0.2, 0) is 4.79 Å². The number of carbonyl (C=O) groups is 2. The van der Waals surface area contributed by atoms with Crippen LogP contribution < -0.4 is 5.32 Å². The largest absolute Gasteiger partial charge is 0.481 e. The molecule has 1 aliphatic heterocycles. The van der Waals surface area contributed by atoms with Crippen LogP contribution in [0, 0.1) is 18.8 Å². The number of carboxylic acid groups (broad SMARTS) is 1. The maximum absolute atomic E-state index is 12.2. The SMILES string of the molecule is Cc1ccc(NC(=O)N2CC(C)C(C(=O)O)C2)c(Br)c1. The van der Waals surface area contributed by atoms with Gasteiger partial charge in [0.05, 0.1) is 11.6 Å². The van der Waals surface area contributed by atoms with Gasteiger partial charge in [0.1, 0.15) is 0 Å². The average Bonchev–Trinajstić information content (AvgIpc) is 2.75. The first-order chi connectivity index (χ1) is 9.38. The molecule has 0 aliphatic carbocycles. The summed E-state index contributed by atoms with van der Waals surface area (Å²) in [5.74, 6) is -1.36. The number of urea groups is 1. The molecule has 2 atom stereocenters. The number of amides is 2. The highest BCUT2D eigenvalue weighted by molar-refractivity contribution is 9.10.